The Morgan fingerprint density at radius 3 is 1.61 bits per heavy atom. The number of aliphatic imine (C=N–C) groups is 1. The van der Waals surface area contributed by atoms with E-state index in [0.717, 1.165) is 0 Å². The van der Waals surface area contributed by atoms with Crippen LogP contribution in [-0.4, -0.2) is 159 Å². The Balaban J connectivity index is 2.53. The van der Waals surface area contributed by atoms with Gasteiger partial charge in [0.05, 0.1) is 12.5 Å². The van der Waals surface area contributed by atoms with Gasteiger partial charge in [-0.2, -0.15) is 11.8 Å². The number of para-hydroxylation sites is 1. The Labute approximate surface area is 470 Å². The minimum Gasteiger partial charge on any atom is -0.481 e. The first-order valence-electron chi connectivity index (χ1n) is 26.5. The first kappa shape index (κ1) is 68.6. The van der Waals surface area contributed by atoms with Crippen molar-refractivity contribution in [1.82, 2.24) is 47.5 Å². The molecule has 27 nitrogen and oxygen atoms in total. The lowest BCUT2D eigenvalue weighted by Crippen LogP contribution is -2.62. The van der Waals surface area contributed by atoms with E-state index < -0.39 is 156 Å². The number of rotatable bonds is 36. The second kappa shape index (κ2) is 33.8. The van der Waals surface area contributed by atoms with E-state index >= 15 is 0 Å². The number of aromatic amines is 1. The number of guanidine groups is 1. The van der Waals surface area contributed by atoms with Crippen LogP contribution in [0, 0.1) is 23.7 Å². The first-order valence-corrected chi connectivity index (χ1v) is 27.9. The monoisotopic (exact) mass is 1140 g/mol. The van der Waals surface area contributed by atoms with Crippen LogP contribution in [0.4, 0.5) is 0 Å². The van der Waals surface area contributed by atoms with E-state index in [4.69, 9.17) is 22.9 Å². The van der Waals surface area contributed by atoms with E-state index in [1.807, 2.05) is 13.2 Å². The number of fused-ring (bicyclic) bond motifs is 1. The van der Waals surface area contributed by atoms with Crippen molar-refractivity contribution in [3.05, 3.63) is 36.0 Å². The number of hydrogen-bond acceptors (Lipinski definition) is 14. The number of aromatic nitrogens is 1. The fraction of sp³-hybridized carbons (Fsp3) is 0.615. The summed E-state index contributed by atoms with van der Waals surface area (Å²) in [5.74, 6) is -12.6. The third-order valence-corrected chi connectivity index (χ3v) is 13.8. The zero-order valence-electron chi connectivity index (χ0n) is 47.0. The number of carbonyl (C=O) groups excluding carboxylic acids is 9. The average molecular weight is 1150 g/mol. The van der Waals surface area contributed by atoms with Gasteiger partial charge in [0.15, 0.2) is 5.96 Å². The maximum Gasteiger partial charge on any atom is 0.326 e. The number of hydrogen-bond donors (Lipinski definition) is 15. The molecule has 0 spiro atoms. The molecule has 80 heavy (non-hydrogen) atoms. The lowest BCUT2D eigenvalue weighted by molar-refractivity contribution is -0.144. The van der Waals surface area contributed by atoms with Gasteiger partial charge >= 0.3 is 11.9 Å². The quantitative estimate of drug-likeness (QED) is 0.0211. The molecule has 0 bridgehead atoms. The summed E-state index contributed by atoms with van der Waals surface area (Å²) in [7, 11) is 0. The number of aliphatic carboxylic acids is 2. The highest BCUT2D eigenvalue weighted by Crippen LogP contribution is 2.20. The van der Waals surface area contributed by atoms with Gasteiger partial charge in [-0.05, 0) is 73.0 Å². The maximum absolute atomic E-state index is 14.6. The lowest BCUT2D eigenvalue weighted by atomic mass is 9.95. The summed E-state index contributed by atoms with van der Waals surface area (Å²) in [6.07, 6.45) is 1.97. The standard InChI is InChI=1S/C52H84N14O13S/c1-10-28(8)42(66-44(71)33(19-21-80-9)60-47(74)39(54)25(2)3)50(77)65-41(27(6)7)49(76)62-35(22-29-24-58-31-15-12-11-14-30(29)31)45(72)59-32(17-18-37(53)67)43(70)64-40(26(4)5)48(75)63-36(23-38(68)69)46(73)61-34(51(78)79)16-13-20-57-52(55)56/h11-12,14-15,24-28,32-36,39-42,58H,10,13,16-23,54H2,1-9H3,(H2,53,67)(H,59,72)(H,60,74)(H,61,73)(H,62,76)(H,63,75)(H,64,70)(H,65,77)(H,66,71)(H,68,69)(H,78,79)(H4,55,56,57)/t28-,32-,33-,34-,35-,36-,39-,40-,41-,42-/m0/s1. The molecule has 0 fully saturated rings. The van der Waals surface area contributed by atoms with Gasteiger partial charge in [-0.1, -0.05) is 80.0 Å². The molecular formula is C52H84N14O13S. The molecule has 2 aromatic rings. The van der Waals surface area contributed by atoms with Crippen molar-refractivity contribution in [3.63, 3.8) is 0 Å². The average Bonchev–Trinajstić information content (AvgIpc) is 3.79. The van der Waals surface area contributed by atoms with Crippen LogP contribution in [0.3, 0.4) is 0 Å². The summed E-state index contributed by atoms with van der Waals surface area (Å²) in [6, 6.07) is -5.35. The zero-order valence-corrected chi connectivity index (χ0v) is 47.8. The van der Waals surface area contributed by atoms with Crippen LogP contribution in [-0.2, 0) is 59.2 Å². The van der Waals surface area contributed by atoms with Gasteiger partial charge in [-0.25, -0.2) is 4.79 Å². The molecule has 28 heteroatoms. The second-order valence-electron chi connectivity index (χ2n) is 20.6. The minimum atomic E-state index is -1.84. The number of nitrogens with zero attached hydrogens (tertiary/aromatic N) is 1. The molecule has 0 saturated carbocycles. The van der Waals surface area contributed by atoms with Crippen molar-refractivity contribution in [2.24, 2.45) is 51.6 Å². The van der Waals surface area contributed by atoms with Gasteiger partial charge in [0.1, 0.15) is 48.3 Å². The molecule has 0 radical (unpaired) electrons. The van der Waals surface area contributed by atoms with Crippen molar-refractivity contribution in [1.29, 1.82) is 0 Å². The third kappa shape index (κ3) is 22.7. The van der Waals surface area contributed by atoms with Crippen LogP contribution in [0.1, 0.15) is 106 Å². The summed E-state index contributed by atoms with van der Waals surface area (Å²) < 4.78 is 0. The largest absolute Gasteiger partial charge is 0.481 e. The molecule has 0 aliphatic heterocycles. The van der Waals surface area contributed by atoms with Gasteiger partial charge in [-0.3, -0.25) is 52.9 Å². The number of H-pyrrole nitrogens is 1. The normalized spacial score (nSPS) is 15.1. The Hall–Kier alpha value is -7.49. The molecular weight excluding hydrogens is 1060 g/mol. The number of carboxylic acid groups (broad SMARTS) is 2. The number of nitrogens with one attached hydrogen (secondary N) is 9. The fourth-order valence-electron chi connectivity index (χ4n) is 8.10. The fourth-order valence-corrected chi connectivity index (χ4v) is 8.57. The minimum absolute atomic E-state index is 0.0220. The van der Waals surface area contributed by atoms with E-state index in [1.54, 1.807) is 65.1 Å². The van der Waals surface area contributed by atoms with E-state index in [9.17, 15) is 63.0 Å². The number of carbonyl (C=O) groups is 11. The summed E-state index contributed by atoms with van der Waals surface area (Å²) in [5, 5.41) is 40.6. The van der Waals surface area contributed by atoms with Crippen LogP contribution >= 0.6 is 11.8 Å². The van der Waals surface area contributed by atoms with E-state index in [2.05, 4.69) is 52.5 Å². The molecule has 446 valence electrons. The van der Waals surface area contributed by atoms with Gasteiger partial charge in [0.25, 0.3) is 0 Å². The number of nitrogens with two attached hydrogens (primary N) is 4. The SMILES string of the molecule is CC[C@H](C)[C@H](NC(=O)[C@H](CCSC)NC(=O)[C@@H](N)C(C)C)C(=O)N[C@H](C(=O)N[C@@H](Cc1c[nH]c2ccccc12)C(=O)N[C@@H](CCC(N)=O)C(=O)N[C@H](C(=O)N[C@@H](CC(=O)O)C(=O)N[C@@H](CCCN=C(N)N)C(=O)O)C(C)C)C(C)C. The molecule has 1 aromatic heterocycles. The number of thioether (sulfide) groups is 1. The Bertz CT molecular complexity index is 2500. The maximum atomic E-state index is 14.6. The number of amides is 9. The van der Waals surface area contributed by atoms with Gasteiger partial charge in [0, 0.05) is 36.5 Å². The zero-order chi connectivity index (χ0) is 60.6. The number of benzene rings is 1. The lowest BCUT2D eigenvalue weighted by Gasteiger charge is -2.31. The number of primary amides is 1. The van der Waals surface area contributed by atoms with Crippen LogP contribution in [0.25, 0.3) is 10.9 Å². The van der Waals surface area contributed by atoms with Gasteiger partial charge < -0.3 is 80.7 Å². The summed E-state index contributed by atoms with van der Waals surface area (Å²) in [6.45, 7) is 13.4. The molecule has 2 rings (SSSR count). The van der Waals surface area contributed by atoms with Crippen molar-refractivity contribution in [3.8, 4) is 0 Å². The van der Waals surface area contributed by atoms with Crippen LogP contribution in [0.15, 0.2) is 35.5 Å². The van der Waals surface area contributed by atoms with E-state index in [-0.39, 0.29) is 44.1 Å². The van der Waals surface area contributed by atoms with Crippen LogP contribution < -0.4 is 65.5 Å². The predicted octanol–water partition coefficient (Wildman–Crippen LogP) is -1.44. The summed E-state index contributed by atoms with van der Waals surface area (Å²) in [4.78, 5) is 155. The van der Waals surface area contributed by atoms with Gasteiger partial charge in [-0.15, -0.1) is 0 Å². The third-order valence-electron chi connectivity index (χ3n) is 13.2. The van der Waals surface area contributed by atoms with Crippen LogP contribution in [0.5, 0.6) is 0 Å². The highest BCUT2D eigenvalue weighted by Gasteiger charge is 2.38. The molecule has 0 aliphatic carbocycles. The smallest absolute Gasteiger partial charge is 0.326 e. The van der Waals surface area contributed by atoms with E-state index in [1.165, 1.54) is 25.6 Å². The molecule has 1 aromatic carbocycles. The highest BCUT2D eigenvalue weighted by atomic mass is 32.2. The molecule has 19 N–H and O–H groups in total. The predicted molar refractivity (Wildman–Crippen MR) is 301 cm³/mol. The molecule has 0 unspecified atom stereocenters. The van der Waals surface area contributed by atoms with Gasteiger partial charge in [0.2, 0.25) is 53.2 Å². The molecule has 0 saturated heterocycles. The topological polar surface area (TPSA) is 457 Å². The van der Waals surface area contributed by atoms with Crippen molar-refractivity contribution >= 4 is 93.7 Å². The molecule has 1 heterocycles. The van der Waals surface area contributed by atoms with Crippen molar-refractivity contribution in [2.45, 2.75) is 161 Å². The molecule has 9 amide bonds. The van der Waals surface area contributed by atoms with Crippen LogP contribution in [0.2, 0.25) is 0 Å². The number of carboxylic acids is 2. The van der Waals surface area contributed by atoms with E-state index in [0.29, 0.717) is 28.6 Å². The highest BCUT2D eigenvalue weighted by molar-refractivity contribution is 7.98. The second-order valence-corrected chi connectivity index (χ2v) is 21.6. The first-order chi connectivity index (χ1) is 37.5. The Morgan fingerprint density at radius 2 is 1.09 bits per heavy atom. The summed E-state index contributed by atoms with van der Waals surface area (Å²) >= 11 is 1.45. The summed E-state index contributed by atoms with van der Waals surface area (Å²) in [5.41, 5.74) is 23.4. The molecule has 10 atom stereocenters. The van der Waals surface area contributed by atoms with Crippen molar-refractivity contribution in [2.75, 3.05) is 18.6 Å². The van der Waals surface area contributed by atoms with Crippen molar-refractivity contribution < 1.29 is 63.0 Å². The molecule has 0 aliphatic rings. The Morgan fingerprint density at radius 1 is 0.600 bits per heavy atom. The Kier molecular flexibility index (Phi) is 29.0.